The first-order valence-electron chi connectivity index (χ1n) is 6.56. The van der Waals surface area contributed by atoms with E-state index in [9.17, 15) is 9.90 Å². The summed E-state index contributed by atoms with van der Waals surface area (Å²) in [6.45, 7) is -2.14. The Morgan fingerprint density at radius 1 is 0.905 bits per heavy atom. The molecule has 0 aliphatic heterocycles. The Balaban J connectivity index is 4.67. The highest BCUT2D eigenvalue weighted by Crippen LogP contribution is 2.19. The van der Waals surface area contributed by atoms with Crippen LogP contribution in [0.3, 0.4) is 0 Å². The lowest BCUT2D eigenvalue weighted by Gasteiger charge is -2.33. The SMILES string of the molecule is O=CNCC(CO)(COC(CO)CO)COC(CO)CO. The lowest BCUT2D eigenvalue weighted by atomic mass is 9.91. The van der Waals surface area contributed by atoms with Crippen LogP contribution in [0.4, 0.5) is 0 Å². The fraction of sp³-hybridized carbons (Fsp3) is 0.917. The summed E-state index contributed by atoms with van der Waals surface area (Å²) in [6.07, 6.45) is -1.16. The first kappa shape index (κ1) is 20.2. The predicted molar refractivity (Wildman–Crippen MR) is 71.4 cm³/mol. The molecule has 0 radical (unpaired) electrons. The van der Waals surface area contributed by atoms with Crippen LogP contribution in [0, 0.1) is 5.41 Å². The maximum absolute atomic E-state index is 10.4. The molecule has 0 bridgehead atoms. The van der Waals surface area contributed by atoms with E-state index in [1.165, 1.54) is 0 Å². The van der Waals surface area contributed by atoms with Crippen LogP contribution in [0.25, 0.3) is 0 Å². The summed E-state index contributed by atoms with van der Waals surface area (Å²) in [5.41, 5.74) is -1.02. The van der Waals surface area contributed by atoms with Gasteiger partial charge in [0.25, 0.3) is 0 Å². The molecule has 0 aliphatic rings. The largest absolute Gasteiger partial charge is 0.396 e. The fourth-order valence-corrected chi connectivity index (χ4v) is 1.46. The number of ether oxygens (including phenoxy) is 2. The van der Waals surface area contributed by atoms with Crippen molar-refractivity contribution in [3.8, 4) is 0 Å². The number of carbonyl (C=O) groups is 1. The molecule has 0 unspecified atom stereocenters. The van der Waals surface area contributed by atoms with Crippen molar-refractivity contribution < 1.29 is 39.8 Å². The number of carbonyl (C=O) groups excluding carboxylic acids is 1. The Hall–Kier alpha value is -0.810. The summed E-state index contributed by atoms with van der Waals surface area (Å²) >= 11 is 0. The van der Waals surface area contributed by atoms with Crippen molar-refractivity contribution in [2.45, 2.75) is 12.2 Å². The molecule has 21 heavy (non-hydrogen) atoms. The summed E-state index contributed by atoms with van der Waals surface area (Å²) in [5.74, 6) is 0. The van der Waals surface area contributed by atoms with Crippen molar-refractivity contribution in [3.63, 3.8) is 0 Å². The maximum atomic E-state index is 10.4. The molecule has 0 atom stereocenters. The molecular weight excluding hydrogens is 286 g/mol. The van der Waals surface area contributed by atoms with E-state index in [-0.39, 0.29) is 19.8 Å². The van der Waals surface area contributed by atoms with Crippen molar-refractivity contribution in [3.05, 3.63) is 0 Å². The standard InChI is InChI=1S/C12H25NO8/c14-1-10(2-15)20-7-12(6-18,5-13-9-19)8-21-11(3-16)4-17/h9-11,14-18H,1-8H2,(H,13,19). The minimum absolute atomic E-state index is 0.0279. The van der Waals surface area contributed by atoms with Crippen LogP contribution < -0.4 is 5.32 Å². The van der Waals surface area contributed by atoms with Gasteiger partial charge in [-0.3, -0.25) is 4.79 Å². The number of hydrogen-bond acceptors (Lipinski definition) is 8. The van der Waals surface area contributed by atoms with E-state index in [4.69, 9.17) is 29.9 Å². The summed E-state index contributed by atoms with van der Waals surface area (Å²) in [4.78, 5) is 10.4. The van der Waals surface area contributed by atoms with Crippen molar-refractivity contribution in [2.24, 2.45) is 5.41 Å². The molecule has 9 heteroatoms. The highest BCUT2D eigenvalue weighted by atomic mass is 16.5. The van der Waals surface area contributed by atoms with Gasteiger partial charge in [-0.1, -0.05) is 0 Å². The van der Waals surface area contributed by atoms with Crippen LogP contribution in [-0.2, 0) is 14.3 Å². The number of aliphatic hydroxyl groups is 5. The van der Waals surface area contributed by atoms with Gasteiger partial charge < -0.3 is 40.3 Å². The van der Waals surface area contributed by atoms with Crippen LogP contribution in [0.15, 0.2) is 0 Å². The zero-order valence-electron chi connectivity index (χ0n) is 11.8. The lowest BCUT2D eigenvalue weighted by molar-refractivity contribution is -0.121. The second-order valence-corrected chi connectivity index (χ2v) is 4.75. The van der Waals surface area contributed by atoms with Gasteiger partial charge in [-0.15, -0.1) is 0 Å². The van der Waals surface area contributed by atoms with Crippen molar-refractivity contribution in [1.29, 1.82) is 0 Å². The topological polar surface area (TPSA) is 149 Å². The fourth-order valence-electron chi connectivity index (χ4n) is 1.46. The molecule has 0 aromatic heterocycles. The van der Waals surface area contributed by atoms with Crippen LogP contribution in [0.2, 0.25) is 0 Å². The third-order valence-corrected chi connectivity index (χ3v) is 2.96. The number of nitrogens with one attached hydrogen (secondary N) is 1. The number of aliphatic hydroxyl groups excluding tert-OH is 5. The van der Waals surface area contributed by atoms with Crippen molar-refractivity contribution >= 4 is 6.41 Å². The first-order valence-corrected chi connectivity index (χ1v) is 6.56. The summed E-state index contributed by atoms with van der Waals surface area (Å²) in [7, 11) is 0. The van der Waals surface area contributed by atoms with Gasteiger partial charge in [-0.2, -0.15) is 0 Å². The minimum Gasteiger partial charge on any atom is -0.396 e. The predicted octanol–water partition coefficient (Wildman–Crippen LogP) is -3.55. The molecule has 0 aromatic carbocycles. The van der Waals surface area contributed by atoms with Gasteiger partial charge >= 0.3 is 0 Å². The van der Waals surface area contributed by atoms with E-state index in [1.807, 2.05) is 0 Å². The van der Waals surface area contributed by atoms with Crippen molar-refractivity contribution in [1.82, 2.24) is 5.32 Å². The summed E-state index contributed by atoms with van der Waals surface area (Å²) < 4.78 is 10.5. The molecule has 0 heterocycles. The zero-order valence-corrected chi connectivity index (χ0v) is 11.8. The third-order valence-electron chi connectivity index (χ3n) is 2.96. The highest BCUT2D eigenvalue weighted by Gasteiger charge is 2.32. The Morgan fingerprint density at radius 3 is 1.62 bits per heavy atom. The second-order valence-electron chi connectivity index (χ2n) is 4.75. The number of amides is 1. The summed E-state index contributed by atoms with van der Waals surface area (Å²) in [6, 6.07) is 0. The van der Waals surface area contributed by atoms with Gasteiger partial charge in [0.1, 0.15) is 12.2 Å². The molecule has 6 N–H and O–H groups in total. The van der Waals surface area contributed by atoms with Gasteiger partial charge in [0.15, 0.2) is 0 Å². The summed E-state index contributed by atoms with van der Waals surface area (Å²) in [5, 5.41) is 47.8. The quantitative estimate of drug-likeness (QED) is 0.181. The Bertz CT molecular complexity index is 242. The molecule has 0 saturated carbocycles. The molecule has 0 saturated heterocycles. The van der Waals surface area contributed by atoms with Gasteiger partial charge in [0.05, 0.1) is 51.7 Å². The lowest BCUT2D eigenvalue weighted by Crippen LogP contribution is -2.47. The van der Waals surface area contributed by atoms with E-state index in [0.717, 1.165) is 0 Å². The molecular formula is C12H25NO8. The van der Waals surface area contributed by atoms with Crippen molar-refractivity contribution in [2.75, 3.05) is 52.8 Å². The molecule has 126 valence electrons. The van der Waals surface area contributed by atoms with E-state index >= 15 is 0 Å². The maximum Gasteiger partial charge on any atom is 0.207 e. The zero-order chi connectivity index (χ0) is 16.1. The second kappa shape index (κ2) is 11.8. The normalized spacial score (nSPS) is 12.1. The third kappa shape index (κ3) is 7.67. The molecule has 0 fully saturated rings. The molecule has 0 spiro atoms. The van der Waals surface area contributed by atoms with Crippen LogP contribution >= 0.6 is 0 Å². The number of rotatable bonds is 14. The molecule has 0 aromatic rings. The van der Waals surface area contributed by atoms with Crippen LogP contribution in [-0.4, -0.2) is 96.9 Å². The highest BCUT2D eigenvalue weighted by molar-refractivity contribution is 5.46. The minimum atomic E-state index is -1.02. The van der Waals surface area contributed by atoms with E-state index in [2.05, 4.69) is 5.32 Å². The Labute approximate surface area is 123 Å². The van der Waals surface area contributed by atoms with Crippen LogP contribution in [0.1, 0.15) is 0 Å². The van der Waals surface area contributed by atoms with Crippen LogP contribution in [0.5, 0.6) is 0 Å². The van der Waals surface area contributed by atoms with Gasteiger partial charge in [0.2, 0.25) is 6.41 Å². The average Bonchev–Trinajstić information content (AvgIpc) is 2.53. The smallest absolute Gasteiger partial charge is 0.207 e. The molecule has 0 aliphatic carbocycles. The van der Waals surface area contributed by atoms with Gasteiger partial charge in [-0.05, 0) is 0 Å². The van der Waals surface area contributed by atoms with Gasteiger partial charge in [-0.25, -0.2) is 0 Å². The molecule has 9 nitrogen and oxygen atoms in total. The van der Waals surface area contributed by atoms with E-state index in [0.29, 0.717) is 6.41 Å². The monoisotopic (exact) mass is 311 g/mol. The van der Waals surface area contributed by atoms with Gasteiger partial charge in [0, 0.05) is 6.54 Å². The van der Waals surface area contributed by atoms with E-state index < -0.39 is 50.7 Å². The Morgan fingerprint density at radius 2 is 1.33 bits per heavy atom. The van der Waals surface area contributed by atoms with E-state index in [1.54, 1.807) is 0 Å². The molecule has 0 rings (SSSR count). The molecule has 1 amide bonds. The number of hydrogen-bond donors (Lipinski definition) is 6. The Kier molecular flexibility index (Phi) is 11.4. The first-order chi connectivity index (χ1) is 10.1. The average molecular weight is 311 g/mol.